The second-order valence-corrected chi connectivity index (χ2v) is 9.53. The lowest BCUT2D eigenvalue weighted by molar-refractivity contribution is -0.135. The van der Waals surface area contributed by atoms with Crippen LogP contribution >= 0.6 is 11.8 Å². The summed E-state index contributed by atoms with van der Waals surface area (Å²) in [5.74, 6) is -0.846. The van der Waals surface area contributed by atoms with Gasteiger partial charge in [-0.05, 0) is 30.5 Å². The van der Waals surface area contributed by atoms with Gasteiger partial charge in [-0.15, -0.1) is 11.8 Å². The van der Waals surface area contributed by atoms with Crippen molar-refractivity contribution >= 4 is 40.7 Å². The van der Waals surface area contributed by atoms with E-state index in [-0.39, 0.29) is 46.5 Å². The number of benzene rings is 1. The van der Waals surface area contributed by atoms with Gasteiger partial charge in [-0.2, -0.15) is 19.0 Å². The van der Waals surface area contributed by atoms with Crippen molar-refractivity contribution in [1.82, 2.24) is 29.3 Å². The molecule has 1 aliphatic rings. The number of carbonyl (C=O) groups is 3. The Labute approximate surface area is 225 Å². The highest BCUT2D eigenvalue weighted by molar-refractivity contribution is 7.98. The lowest BCUT2D eigenvalue weighted by Crippen LogP contribution is -2.40. The Morgan fingerprint density at radius 1 is 1.23 bits per heavy atom. The fourth-order valence-corrected chi connectivity index (χ4v) is 4.67. The molecule has 0 saturated carbocycles. The molecule has 39 heavy (non-hydrogen) atoms. The number of fused-ring (bicyclic) bond motifs is 1. The molecule has 0 spiro atoms. The molecule has 2 amide bonds. The number of carbonyl (C=O) groups excluding carboxylic acids is 3. The second kappa shape index (κ2) is 11.2. The molecule has 4 aromatic rings. The third kappa shape index (κ3) is 5.74. The standard InChI is InChI=1S/C25H23F2N7O4S/c1-39-16-3-4-20(38-25(26)27)17(11-16)22-19(30-24(37)18-12-29-34-8-2-7-28-23(18)34)13-33(31-22)14-21(36)32-9-5-15(35)6-10-32/h2-4,7-8,11-13,25H,5-6,9-10,14H2,1H3,(H,30,37). The van der Waals surface area contributed by atoms with Crippen LogP contribution in [0.25, 0.3) is 16.9 Å². The van der Waals surface area contributed by atoms with Gasteiger partial charge in [-0.1, -0.05) is 0 Å². The van der Waals surface area contributed by atoms with E-state index in [9.17, 15) is 23.2 Å². The minimum Gasteiger partial charge on any atom is -0.434 e. The number of Topliss-reactive ketones (excluding diaryl/α,β-unsaturated/α-hetero) is 1. The fraction of sp³-hybridized carbons (Fsp3) is 0.280. The molecule has 11 nitrogen and oxygen atoms in total. The summed E-state index contributed by atoms with van der Waals surface area (Å²) in [6.45, 7) is -2.63. The van der Waals surface area contributed by atoms with E-state index in [2.05, 4.69) is 20.5 Å². The Hall–Kier alpha value is -4.33. The highest BCUT2D eigenvalue weighted by Crippen LogP contribution is 2.37. The van der Waals surface area contributed by atoms with Crippen LogP contribution in [-0.2, 0) is 16.1 Å². The van der Waals surface area contributed by atoms with Crippen molar-refractivity contribution in [3.05, 3.63) is 54.6 Å². The van der Waals surface area contributed by atoms with E-state index in [0.29, 0.717) is 31.6 Å². The molecule has 0 unspecified atom stereocenters. The molecule has 1 fully saturated rings. The van der Waals surface area contributed by atoms with E-state index in [4.69, 9.17) is 4.74 Å². The molecule has 0 aliphatic carbocycles. The van der Waals surface area contributed by atoms with Crippen LogP contribution in [0.3, 0.4) is 0 Å². The molecule has 1 aromatic carbocycles. The molecule has 14 heteroatoms. The lowest BCUT2D eigenvalue weighted by atomic mass is 10.1. The second-order valence-electron chi connectivity index (χ2n) is 8.65. The maximum atomic E-state index is 13.3. The SMILES string of the molecule is CSc1ccc(OC(F)F)c(-c2nn(CC(=O)N3CCC(=O)CC3)cc2NC(=O)c2cnn3cccnc23)c1. The summed E-state index contributed by atoms with van der Waals surface area (Å²) in [6.07, 6.45) is 8.40. The average Bonchev–Trinajstić information content (AvgIpc) is 3.53. The number of thioether (sulfide) groups is 1. The van der Waals surface area contributed by atoms with Crippen molar-refractivity contribution in [2.75, 3.05) is 24.7 Å². The molecule has 1 aliphatic heterocycles. The summed E-state index contributed by atoms with van der Waals surface area (Å²) in [7, 11) is 0. The summed E-state index contributed by atoms with van der Waals surface area (Å²) in [5, 5.41) is 11.4. The van der Waals surface area contributed by atoms with Gasteiger partial charge in [0.2, 0.25) is 5.91 Å². The van der Waals surface area contributed by atoms with Gasteiger partial charge in [0.15, 0.2) is 5.65 Å². The molecule has 3 aromatic heterocycles. The number of ketones is 1. The number of amides is 2. The van der Waals surface area contributed by atoms with Crippen LogP contribution in [0.4, 0.5) is 14.5 Å². The van der Waals surface area contributed by atoms with Crippen molar-refractivity contribution < 1.29 is 27.9 Å². The van der Waals surface area contributed by atoms with Crippen LogP contribution in [-0.4, -0.2) is 72.8 Å². The van der Waals surface area contributed by atoms with Crippen LogP contribution in [0.15, 0.2) is 53.9 Å². The zero-order valence-electron chi connectivity index (χ0n) is 20.7. The summed E-state index contributed by atoms with van der Waals surface area (Å²) >= 11 is 1.39. The van der Waals surface area contributed by atoms with Gasteiger partial charge in [0.05, 0.1) is 11.9 Å². The first-order valence-corrected chi connectivity index (χ1v) is 13.1. The largest absolute Gasteiger partial charge is 0.434 e. The Kier molecular flexibility index (Phi) is 7.54. The predicted octanol–water partition coefficient (Wildman–Crippen LogP) is 3.36. The summed E-state index contributed by atoms with van der Waals surface area (Å²) in [4.78, 5) is 44.3. The summed E-state index contributed by atoms with van der Waals surface area (Å²) in [5.41, 5.74) is 1.04. The van der Waals surface area contributed by atoms with E-state index in [1.54, 1.807) is 29.3 Å². The van der Waals surface area contributed by atoms with E-state index in [0.717, 1.165) is 4.90 Å². The van der Waals surface area contributed by atoms with E-state index < -0.39 is 12.5 Å². The number of piperidine rings is 1. The monoisotopic (exact) mass is 555 g/mol. The molecular formula is C25H23F2N7O4S. The average molecular weight is 556 g/mol. The van der Waals surface area contributed by atoms with Crippen LogP contribution in [0.2, 0.25) is 0 Å². The maximum absolute atomic E-state index is 13.3. The molecule has 0 atom stereocenters. The zero-order valence-corrected chi connectivity index (χ0v) is 21.5. The van der Waals surface area contributed by atoms with Gasteiger partial charge in [0, 0.05) is 55.0 Å². The predicted molar refractivity (Wildman–Crippen MR) is 138 cm³/mol. The quantitative estimate of drug-likeness (QED) is 0.329. The Morgan fingerprint density at radius 2 is 2.03 bits per heavy atom. The summed E-state index contributed by atoms with van der Waals surface area (Å²) < 4.78 is 34.0. The molecule has 0 radical (unpaired) electrons. The zero-order chi connectivity index (χ0) is 27.5. The number of nitrogens with zero attached hydrogens (tertiary/aromatic N) is 6. The molecule has 4 heterocycles. The molecule has 202 valence electrons. The van der Waals surface area contributed by atoms with Crippen LogP contribution in [0.1, 0.15) is 23.2 Å². The van der Waals surface area contributed by atoms with Gasteiger partial charge in [-0.3, -0.25) is 19.1 Å². The lowest BCUT2D eigenvalue weighted by Gasteiger charge is -2.25. The number of rotatable bonds is 8. The third-order valence-corrected chi connectivity index (χ3v) is 6.89. The van der Waals surface area contributed by atoms with E-state index in [1.807, 2.05) is 6.26 Å². The molecule has 5 rings (SSSR count). The van der Waals surface area contributed by atoms with Gasteiger partial charge >= 0.3 is 6.61 Å². The molecule has 1 saturated heterocycles. The van der Waals surface area contributed by atoms with Gasteiger partial charge in [0.25, 0.3) is 5.91 Å². The minimum atomic E-state index is -3.09. The van der Waals surface area contributed by atoms with Crippen molar-refractivity contribution in [3.63, 3.8) is 0 Å². The fourth-order valence-electron chi connectivity index (χ4n) is 4.23. The molecular weight excluding hydrogens is 532 g/mol. The molecule has 0 bridgehead atoms. The van der Waals surface area contributed by atoms with Crippen molar-refractivity contribution in [2.45, 2.75) is 30.9 Å². The first-order chi connectivity index (χ1) is 18.8. The van der Waals surface area contributed by atoms with Gasteiger partial charge < -0.3 is 15.0 Å². The van der Waals surface area contributed by atoms with Crippen molar-refractivity contribution in [2.24, 2.45) is 0 Å². The van der Waals surface area contributed by atoms with Crippen molar-refractivity contribution in [3.8, 4) is 17.0 Å². The number of likely N-dealkylation sites (tertiary alicyclic amines) is 1. The minimum absolute atomic E-state index is 0.104. The Bertz CT molecular complexity index is 1540. The van der Waals surface area contributed by atoms with E-state index in [1.165, 1.54) is 45.6 Å². The van der Waals surface area contributed by atoms with Crippen LogP contribution in [0.5, 0.6) is 5.75 Å². The Morgan fingerprint density at radius 3 is 2.77 bits per heavy atom. The Balaban J connectivity index is 1.52. The highest BCUT2D eigenvalue weighted by Gasteiger charge is 2.25. The number of hydrogen-bond acceptors (Lipinski definition) is 8. The molecule has 1 N–H and O–H groups in total. The van der Waals surface area contributed by atoms with Crippen LogP contribution < -0.4 is 10.1 Å². The van der Waals surface area contributed by atoms with E-state index >= 15 is 0 Å². The normalized spacial score (nSPS) is 13.7. The van der Waals surface area contributed by atoms with Gasteiger partial charge in [0.1, 0.15) is 29.3 Å². The highest BCUT2D eigenvalue weighted by atomic mass is 32.2. The van der Waals surface area contributed by atoms with Crippen LogP contribution in [0, 0.1) is 0 Å². The maximum Gasteiger partial charge on any atom is 0.387 e. The first kappa shape index (κ1) is 26.3. The topological polar surface area (TPSA) is 124 Å². The number of ether oxygens (including phenoxy) is 1. The first-order valence-electron chi connectivity index (χ1n) is 11.9. The van der Waals surface area contributed by atoms with Crippen molar-refractivity contribution in [1.29, 1.82) is 0 Å². The number of hydrogen-bond donors (Lipinski definition) is 1. The number of anilines is 1. The number of alkyl halides is 2. The van der Waals surface area contributed by atoms with Gasteiger partial charge in [-0.25, -0.2) is 9.50 Å². The third-order valence-electron chi connectivity index (χ3n) is 6.16. The number of halogens is 2. The number of nitrogens with one attached hydrogen (secondary N) is 1. The summed E-state index contributed by atoms with van der Waals surface area (Å²) in [6, 6.07) is 6.33. The smallest absolute Gasteiger partial charge is 0.387 e. The number of aromatic nitrogens is 5.